The van der Waals surface area contributed by atoms with E-state index in [1.165, 1.54) is 11.3 Å². The number of methoxy groups -OCH3 is 2. The molecule has 2 aromatic carbocycles. The van der Waals surface area contributed by atoms with Crippen LogP contribution in [0.25, 0.3) is 11.0 Å². The molecule has 0 aliphatic heterocycles. The van der Waals surface area contributed by atoms with Gasteiger partial charge in [-0.2, -0.15) is 0 Å². The number of nitrogens with zero attached hydrogens (tertiary/aromatic N) is 4. The summed E-state index contributed by atoms with van der Waals surface area (Å²) in [6.45, 7) is 0.894. The van der Waals surface area contributed by atoms with Gasteiger partial charge in [0, 0.05) is 18.5 Å². The second kappa shape index (κ2) is 11.6. The number of nitrogens with one attached hydrogen (secondary N) is 1. The van der Waals surface area contributed by atoms with Crippen LogP contribution in [0.4, 0.5) is 0 Å². The summed E-state index contributed by atoms with van der Waals surface area (Å²) in [6, 6.07) is 17.6. The molecule has 182 valence electrons. The van der Waals surface area contributed by atoms with Crippen LogP contribution in [-0.4, -0.2) is 59.1 Å². The van der Waals surface area contributed by atoms with Crippen LogP contribution in [-0.2, 0) is 27.4 Å². The Kier molecular flexibility index (Phi) is 8.07. The summed E-state index contributed by atoms with van der Waals surface area (Å²) in [6.07, 6.45) is 0. The summed E-state index contributed by atoms with van der Waals surface area (Å²) in [5, 5.41) is 13.2. The van der Waals surface area contributed by atoms with E-state index in [1.807, 2.05) is 53.9 Å². The molecule has 2 heterocycles. The first-order valence-electron chi connectivity index (χ1n) is 11.1. The molecule has 0 spiro atoms. The molecule has 2 aromatic heterocycles. The minimum absolute atomic E-state index is 0.0578. The number of hydrogen-bond donors (Lipinski definition) is 1. The van der Waals surface area contributed by atoms with E-state index in [-0.39, 0.29) is 24.9 Å². The van der Waals surface area contributed by atoms with Crippen molar-refractivity contribution in [1.82, 2.24) is 25.2 Å². The van der Waals surface area contributed by atoms with Crippen LogP contribution >= 0.6 is 11.3 Å². The highest BCUT2D eigenvalue weighted by atomic mass is 32.1. The number of carbonyl (C=O) groups is 2. The Bertz CT molecular complexity index is 1270. The van der Waals surface area contributed by atoms with Gasteiger partial charge in [-0.25, -0.2) is 4.68 Å². The summed E-state index contributed by atoms with van der Waals surface area (Å²) < 4.78 is 12.0. The van der Waals surface area contributed by atoms with Gasteiger partial charge in [0.05, 0.1) is 25.8 Å². The maximum atomic E-state index is 13.8. The Balaban J connectivity index is 1.71. The van der Waals surface area contributed by atoms with E-state index in [4.69, 9.17) is 9.47 Å². The van der Waals surface area contributed by atoms with Crippen LogP contribution in [0.15, 0.2) is 66.0 Å². The van der Waals surface area contributed by atoms with Crippen LogP contribution < -0.4 is 10.1 Å². The highest BCUT2D eigenvalue weighted by Crippen LogP contribution is 2.28. The van der Waals surface area contributed by atoms with Crippen molar-refractivity contribution in [3.63, 3.8) is 0 Å². The zero-order valence-corrected chi connectivity index (χ0v) is 20.4. The van der Waals surface area contributed by atoms with Gasteiger partial charge in [0.25, 0.3) is 0 Å². The lowest BCUT2D eigenvalue weighted by Crippen LogP contribution is -2.45. The molecule has 0 fully saturated rings. The monoisotopic (exact) mass is 493 g/mol. The molecule has 35 heavy (non-hydrogen) atoms. The number of ether oxygens (including phenoxy) is 2. The third-order valence-corrected chi connectivity index (χ3v) is 6.37. The predicted molar refractivity (Wildman–Crippen MR) is 133 cm³/mol. The number of benzene rings is 2. The van der Waals surface area contributed by atoms with Crippen molar-refractivity contribution in [2.24, 2.45) is 0 Å². The van der Waals surface area contributed by atoms with E-state index in [0.717, 1.165) is 10.4 Å². The van der Waals surface area contributed by atoms with Gasteiger partial charge in [-0.15, -0.1) is 16.4 Å². The number of carbonyl (C=O) groups excluding carboxylic acids is 2. The highest BCUT2D eigenvalue weighted by Gasteiger charge is 2.32. The first kappa shape index (κ1) is 24.4. The quantitative estimate of drug-likeness (QED) is 0.323. The molecule has 4 rings (SSSR count). The lowest BCUT2D eigenvalue weighted by molar-refractivity contribution is -0.142. The fraction of sp³-hybridized carbons (Fsp3) is 0.280. The molecule has 0 saturated heterocycles. The van der Waals surface area contributed by atoms with Crippen LogP contribution in [0, 0.1) is 0 Å². The fourth-order valence-electron chi connectivity index (χ4n) is 3.80. The number of amides is 2. The van der Waals surface area contributed by atoms with Crippen LogP contribution in [0.2, 0.25) is 0 Å². The second-order valence-electron chi connectivity index (χ2n) is 7.80. The van der Waals surface area contributed by atoms with Crippen LogP contribution in [0.5, 0.6) is 5.75 Å². The predicted octanol–water partition coefficient (Wildman–Crippen LogP) is 3.03. The Morgan fingerprint density at radius 2 is 1.97 bits per heavy atom. The van der Waals surface area contributed by atoms with Crippen molar-refractivity contribution in [3.8, 4) is 5.75 Å². The molecule has 0 aliphatic rings. The van der Waals surface area contributed by atoms with Gasteiger partial charge in [0.2, 0.25) is 11.8 Å². The van der Waals surface area contributed by atoms with Crippen molar-refractivity contribution in [3.05, 3.63) is 76.5 Å². The first-order valence-corrected chi connectivity index (χ1v) is 12.0. The smallest absolute Gasteiger partial charge is 0.247 e. The van der Waals surface area contributed by atoms with Gasteiger partial charge in [-0.05, 0) is 41.3 Å². The SMILES string of the molecule is COCCNC(=O)[C@@H](c1cccc(OC)c1)N(Cc1cccs1)C(=O)Cn1nnc2ccccc21. The Morgan fingerprint density at radius 1 is 1.11 bits per heavy atom. The maximum absolute atomic E-state index is 13.8. The largest absolute Gasteiger partial charge is 0.497 e. The first-order chi connectivity index (χ1) is 17.1. The standard InChI is InChI=1S/C25H27N5O4S/c1-33-13-12-26-25(32)24(18-7-5-8-19(15-18)34-2)29(16-20-9-6-14-35-20)23(31)17-30-22-11-4-3-10-21(22)27-28-30/h3-11,14-15,24H,12-13,16-17H2,1-2H3,(H,26,32)/t24-/m1/s1. The van der Waals surface area contributed by atoms with Gasteiger partial charge < -0.3 is 19.7 Å². The van der Waals surface area contributed by atoms with E-state index in [0.29, 0.717) is 30.0 Å². The van der Waals surface area contributed by atoms with E-state index < -0.39 is 6.04 Å². The molecule has 9 nitrogen and oxygen atoms in total. The lowest BCUT2D eigenvalue weighted by Gasteiger charge is -2.31. The summed E-state index contributed by atoms with van der Waals surface area (Å²) >= 11 is 1.53. The Hall–Kier alpha value is -3.76. The lowest BCUT2D eigenvalue weighted by atomic mass is 10.0. The van der Waals surface area contributed by atoms with Gasteiger partial charge in [-0.3, -0.25) is 9.59 Å². The van der Waals surface area contributed by atoms with Crippen LogP contribution in [0.1, 0.15) is 16.5 Å². The zero-order valence-electron chi connectivity index (χ0n) is 19.6. The molecule has 1 atom stereocenters. The molecular weight excluding hydrogens is 466 g/mol. The van der Waals surface area contributed by atoms with E-state index in [9.17, 15) is 9.59 Å². The van der Waals surface area contributed by atoms with E-state index in [2.05, 4.69) is 15.6 Å². The van der Waals surface area contributed by atoms with Crippen molar-refractivity contribution < 1.29 is 19.1 Å². The molecule has 4 aromatic rings. The molecule has 0 unspecified atom stereocenters. The number of thiophene rings is 1. The number of hydrogen-bond acceptors (Lipinski definition) is 7. The topological polar surface area (TPSA) is 98.6 Å². The number of para-hydroxylation sites is 1. The number of aromatic nitrogens is 3. The molecule has 10 heteroatoms. The van der Waals surface area contributed by atoms with Crippen molar-refractivity contribution >= 4 is 34.2 Å². The van der Waals surface area contributed by atoms with Crippen molar-refractivity contribution in [2.75, 3.05) is 27.4 Å². The Labute approximate surface area is 207 Å². The third-order valence-electron chi connectivity index (χ3n) is 5.51. The van der Waals surface area contributed by atoms with Crippen molar-refractivity contribution in [1.29, 1.82) is 0 Å². The third kappa shape index (κ3) is 5.84. The molecule has 2 amide bonds. The molecule has 0 aliphatic carbocycles. The maximum Gasteiger partial charge on any atom is 0.247 e. The summed E-state index contributed by atoms with van der Waals surface area (Å²) in [4.78, 5) is 29.8. The number of rotatable bonds is 11. The van der Waals surface area contributed by atoms with Crippen LogP contribution in [0.3, 0.4) is 0 Å². The summed E-state index contributed by atoms with van der Waals surface area (Å²) in [7, 11) is 3.14. The molecule has 1 N–H and O–H groups in total. The van der Waals surface area contributed by atoms with E-state index in [1.54, 1.807) is 35.9 Å². The minimum Gasteiger partial charge on any atom is -0.497 e. The van der Waals surface area contributed by atoms with Gasteiger partial charge in [-0.1, -0.05) is 35.5 Å². The number of fused-ring (bicyclic) bond motifs is 1. The van der Waals surface area contributed by atoms with Gasteiger partial charge in [0.15, 0.2) is 0 Å². The summed E-state index contributed by atoms with van der Waals surface area (Å²) in [5.74, 6) is 0.0374. The zero-order chi connectivity index (χ0) is 24.6. The molecule has 0 saturated carbocycles. The fourth-order valence-corrected chi connectivity index (χ4v) is 4.51. The average Bonchev–Trinajstić information content (AvgIpc) is 3.54. The molecule has 0 radical (unpaired) electrons. The normalized spacial score (nSPS) is 11.8. The van der Waals surface area contributed by atoms with E-state index >= 15 is 0 Å². The molecular formula is C25H27N5O4S. The second-order valence-corrected chi connectivity index (χ2v) is 8.83. The summed E-state index contributed by atoms with van der Waals surface area (Å²) in [5.41, 5.74) is 2.10. The molecule has 0 bridgehead atoms. The highest BCUT2D eigenvalue weighted by molar-refractivity contribution is 7.09. The van der Waals surface area contributed by atoms with Gasteiger partial charge in [0.1, 0.15) is 23.9 Å². The Morgan fingerprint density at radius 3 is 2.74 bits per heavy atom. The average molecular weight is 494 g/mol. The van der Waals surface area contributed by atoms with Gasteiger partial charge >= 0.3 is 0 Å². The van der Waals surface area contributed by atoms with Crippen molar-refractivity contribution in [2.45, 2.75) is 19.1 Å². The minimum atomic E-state index is -0.883.